The van der Waals surface area contributed by atoms with Crippen LogP contribution < -0.4 is 5.73 Å². The van der Waals surface area contributed by atoms with Crippen LogP contribution in [0, 0.1) is 0 Å². The van der Waals surface area contributed by atoms with Gasteiger partial charge in [0.05, 0.1) is 12.2 Å². The second-order valence-electron chi connectivity index (χ2n) is 3.88. The van der Waals surface area contributed by atoms with Crippen LogP contribution in [0.25, 0.3) is 0 Å². The molecule has 0 radical (unpaired) electrons. The summed E-state index contributed by atoms with van der Waals surface area (Å²) < 4.78 is 5.65. The Hall–Kier alpha value is -0.340. The highest BCUT2D eigenvalue weighted by Crippen LogP contribution is 2.21. The highest BCUT2D eigenvalue weighted by Gasteiger charge is 2.25. The molecule has 0 saturated carbocycles. The van der Waals surface area contributed by atoms with Gasteiger partial charge in [-0.05, 0) is 33.6 Å². The van der Waals surface area contributed by atoms with Crippen molar-refractivity contribution in [1.82, 2.24) is 0 Å². The van der Waals surface area contributed by atoms with Gasteiger partial charge in [0.15, 0.2) is 0 Å². The van der Waals surface area contributed by atoms with Crippen molar-refractivity contribution in [3.8, 4) is 0 Å². The summed E-state index contributed by atoms with van der Waals surface area (Å²) in [5.74, 6) is 0. The first-order valence-electron chi connectivity index (χ1n) is 4.65. The first-order valence-corrected chi connectivity index (χ1v) is 4.65. The molecule has 1 fully saturated rings. The third-order valence-corrected chi connectivity index (χ3v) is 2.22. The van der Waals surface area contributed by atoms with Crippen LogP contribution in [0.15, 0.2) is 11.6 Å². The summed E-state index contributed by atoms with van der Waals surface area (Å²) in [6.45, 7) is 6.24. The van der Waals surface area contributed by atoms with Gasteiger partial charge in [-0.1, -0.05) is 11.6 Å². The Bertz CT molecular complexity index is 173. The third-order valence-electron chi connectivity index (χ3n) is 2.22. The number of rotatable bonds is 2. The molecule has 0 aliphatic carbocycles. The first-order chi connectivity index (χ1) is 5.59. The van der Waals surface area contributed by atoms with Crippen LogP contribution in [0.1, 0.15) is 33.6 Å². The Morgan fingerprint density at radius 3 is 2.58 bits per heavy atom. The quantitative estimate of drug-likeness (QED) is 0.640. The summed E-state index contributed by atoms with van der Waals surface area (Å²) in [6, 6.07) is 0.0833. The lowest BCUT2D eigenvalue weighted by molar-refractivity contribution is 0.0488. The lowest BCUT2D eigenvalue weighted by atomic mass is 10.1. The van der Waals surface area contributed by atoms with Crippen molar-refractivity contribution in [2.24, 2.45) is 5.73 Å². The summed E-state index contributed by atoms with van der Waals surface area (Å²) in [5.41, 5.74) is 7.21. The summed E-state index contributed by atoms with van der Waals surface area (Å²) in [5, 5.41) is 0. The highest BCUT2D eigenvalue weighted by atomic mass is 16.5. The number of hydrogen-bond acceptors (Lipinski definition) is 2. The Morgan fingerprint density at radius 1 is 1.50 bits per heavy atom. The second-order valence-corrected chi connectivity index (χ2v) is 3.88. The highest BCUT2D eigenvalue weighted by molar-refractivity contribution is 5.03. The maximum absolute atomic E-state index is 5.94. The molecule has 3 atom stereocenters. The summed E-state index contributed by atoms with van der Waals surface area (Å²) in [4.78, 5) is 0. The molecule has 1 heterocycles. The maximum Gasteiger partial charge on any atom is 0.0766 e. The van der Waals surface area contributed by atoms with Crippen LogP contribution in [0.2, 0.25) is 0 Å². The van der Waals surface area contributed by atoms with Gasteiger partial charge in [-0.25, -0.2) is 0 Å². The van der Waals surface area contributed by atoms with E-state index in [1.807, 2.05) is 0 Å². The van der Waals surface area contributed by atoms with Crippen LogP contribution >= 0.6 is 0 Å². The van der Waals surface area contributed by atoms with Gasteiger partial charge in [0.1, 0.15) is 0 Å². The van der Waals surface area contributed by atoms with Crippen molar-refractivity contribution in [2.75, 3.05) is 0 Å². The Balaban J connectivity index is 2.43. The minimum Gasteiger partial charge on any atom is -0.373 e. The molecule has 0 aromatic heterocycles. The molecular formula is C10H19NO. The zero-order chi connectivity index (χ0) is 9.14. The van der Waals surface area contributed by atoms with E-state index in [1.54, 1.807) is 0 Å². The third kappa shape index (κ3) is 2.61. The summed E-state index contributed by atoms with van der Waals surface area (Å²) in [7, 11) is 0. The fourth-order valence-corrected chi connectivity index (χ4v) is 1.61. The summed E-state index contributed by atoms with van der Waals surface area (Å²) in [6.07, 6.45) is 4.98. The van der Waals surface area contributed by atoms with E-state index in [4.69, 9.17) is 10.5 Å². The first kappa shape index (κ1) is 9.75. The van der Waals surface area contributed by atoms with E-state index >= 15 is 0 Å². The molecule has 2 heteroatoms. The largest absolute Gasteiger partial charge is 0.373 e. The summed E-state index contributed by atoms with van der Waals surface area (Å²) >= 11 is 0. The maximum atomic E-state index is 5.94. The zero-order valence-corrected chi connectivity index (χ0v) is 8.21. The average Bonchev–Trinajstić information content (AvgIpc) is 2.34. The molecule has 0 amide bonds. The monoisotopic (exact) mass is 169 g/mol. The van der Waals surface area contributed by atoms with Crippen molar-refractivity contribution < 1.29 is 4.74 Å². The molecule has 1 rings (SSSR count). The molecule has 1 saturated heterocycles. The van der Waals surface area contributed by atoms with E-state index in [2.05, 4.69) is 26.8 Å². The van der Waals surface area contributed by atoms with E-state index in [0.29, 0.717) is 6.10 Å². The molecule has 0 aromatic carbocycles. The standard InChI is InChI=1S/C10H19NO/c1-7(2)6-9(11)10-5-4-8(3)12-10/h6,8-10H,4-5,11H2,1-3H3. The Kier molecular flexibility index (Phi) is 3.29. The van der Waals surface area contributed by atoms with E-state index in [0.717, 1.165) is 12.8 Å². The van der Waals surface area contributed by atoms with Gasteiger partial charge in [-0.15, -0.1) is 0 Å². The number of nitrogens with two attached hydrogens (primary N) is 1. The molecule has 0 aromatic rings. The second kappa shape index (κ2) is 4.06. The molecule has 2 nitrogen and oxygen atoms in total. The van der Waals surface area contributed by atoms with Gasteiger partial charge in [0, 0.05) is 6.04 Å². The molecule has 0 bridgehead atoms. The molecule has 70 valence electrons. The molecule has 3 unspecified atom stereocenters. The topological polar surface area (TPSA) is 35.2 Å². The average molecular weight is 169 g/mol. The van der Waals surface area contributed by atoms with Gasteiger partial charge < -0.3 is 10.5 Å². The minimum atomic E-state index is 0.0833. The van der Waals surface area contributed by atoms with E-state index < -0.39 is 0 Å². The molecule has 1 aliphatic rings. The molecule has 12 heavy (non-hydrogen) atoms. The Morgan fingerprint density at radius 2 is 2.17 bits per heavy atom. The van der Waals surface area contributed by atoms with E-state index in [9.17, 15) is 0 Å². The van der Waals surface area contributed by atoms with Gasteiger partial charge in [-0.2, -0.15) is 0 Å². The lowest BCUT2D eigenvalue weighted by Crippen LogP contribution is -2.32. The van der Waals surface area contributed by atoms with Gasteiger partial charge in [0.25, 0.3) is 0 Å². The van der Waals surface area contributed by atoms with Crippen LogP contribution in [0.5, 0.6) is 0 Å². The number of allylic oxidation sites excluding steroid dienone is 1. The predicted molar refractivity (Wildman–Crippen MR) is 51.0 cm³/mol. The van der Waals surface area contributed by atoms with Gasteiger partial charge in [0.2, 0.25) is 0 Å². The van der Waals surface area contributed by atoms with Crippen molar-refractivity contribution >= 4 is 0 Å². The van der Waals surface area contributed by atoms with E-state index in [1.165, 1.54) is 5.57 Å². The molecular weight excluding hydrogens is 150 g/mol. The van der Waals surface area contributed by atoms with Crippen molar-refractivity contribution in [2.45, 2.75) is 51.9 Å². The Labute approximate surface area is 74.8 Å². The van der Waals surface area contributed by atoms with Gasteiger partial charge in [-0.3, -0.25) is 0 Å². The zero-order valence-electron chi connectivity index (χ0n) is 8.21. The minimum absolute atomic E-state index is 0.0833. The van der Waals surface area contributed by atoms with Gasteiger partial charge >= 0.3 is 0 Å². The van der Waals surface area contributed by atoms with Crippen LogP contribution in [0.3, 0.4) is 0 Å². The molecule has 0 spiro atoms. The van der Waals surface area contributed by atoms with Crippen LogP contribution in [0.4, 0.5) is 0 Å². The lowest BCUT2D eigenvalue weighted by Gasteiger charge is -2.16. The number of ether oxygens (including phenoxy) is 1. The molecule has 1 aliphatic heterocycles. The predicted octanol–water partition coefficient (Wildman–Crippen LogP) is 1.85. The van der Waals surface area contributed by atoms with Crippen molar-refractivity contribution in [3.05, 3.63) is 11.6 Å². The van der Waals surface area contributed by atoms with Crippen LogP contribution in [-0.2, 0) is 4.74 Å². The van der Waals surface area contributed by atoms with E-state index in [-0.39, 0.29) is 12.1 Å². The SMILES string of the molecule is CC(C)=CC(N)C1CCC(C)O1. The number of hydrogen-bond donors (Lipinski definition) is 1. The fraction of sp³-hybridized carbons (Fsp3) is 0.800. The normalized spacial score (nSPS) is 31.7. The fourth-order valence-electron chi connectivity index (χ4n) is 1.61. The van der Waals surface area contributed by atoms with Crippen molar-refractivity contribution in [1.29, 1.82) is 0 Å². The molecule has 2 N–H and O–H groups in total. The van der Waals surface area contributed by atoms with Crippen molar-refractivity contribution in [3.63, 3.8) is 0 Å². The van der Waals surface area contributed by atoms with Crippen LogP contribution in [-0.4, -0.2) is 18.2 Å². The smallest absolute Gasteiger partial charge is 0.0766 e.